The van der Waals surface area contributed by atoms with Crippen molar-refractivity contribution in [1.29, 1.82) is 0 Å². The van der Waals surface area contributed by atoms with Crippen molar-refractivity contribution in [3.05, 3.63) is 47.7 Å². The Bertz CT molecular complexity index is 966. The molecule has 29 heavy (non-hydrogen) atoms. The fourth-order valence-electron chi connectivity index (χ4n) is 3.28. The molecule has 0 bridgehead atoms. The van der Waals surface area contributed by atoms with Gasteiger partial charge in [0.25, 0.3) is 0 Å². The quantitative estimate of drug-likeness (QED) is 0.428. The van der Waals surface area contributed by atoms with Gasteiger partial charge in [0, 0.05) is 38.2 Å². The van der Waals surface area contributed by atoms with E-state index in [1.807, 2.05) is 12.1 Å². The zero-order valence-corrected chi connectivity index (χ0v) is 16.2. The normalized spacial score (nSPS) is 21.2. The van der Waals surface area contributed by atoms with Crippen molar-refractivity contribution >= 4 is 34.7 Å². The minimum absolute atomic E-state index is 0.0226. The van der Waals surface area contributed by atoms with E-state index in [-0.39, 0.29) is 17.8 Å². The third-order valence-corrected chi connectivity index (χ3v) is 4.34. The number of hydrogen-bond donors (Lipinski definition) is 0. The van der Waals surface area contributed by atoms with Gasteiger partial charge >= 0.3 is 17.9 Å². The molecule has 1 heterocycles. The van der Waals surface area contributed by atoms with Crippen LogP contribution in [0.3, 0.4) is 0 Å². The summed E-state index contributed by atoms with van der Waals surface area (Å²) in [5.41, 5.74) is 0.781. The molecule has 1 aliphatic carbocycles. The van der Waals surface area contributed by atoms with E-state index >= 15 is 0 Å². The topological polar surface area (TPSA) is 109 Å². The lowest BCUT2D eigenvalue weighted by atomic mass is 9.88. The van der Waals surface area contributed by atoms with E-state index in [2.05, 4.69) is 0 Å². The van der Waals surface area contributed by atoms with Gasteiger partial charge in [0.15, 0.2) is 18.0 Å². The summed E-state index contributed by atoms with van der Waals surface area (Å²) in [5, 5.41) is 0.762. The maximum Gasteiger partial charge on any atom is 0.303 e. The highest BCUT2D eigenvalue weighted by molar-refractivity contribution is 6.09. The summed E-state index contributed by atoms with van der Waals surface area (Å²) in [4.78, 5) is 47.6. The monoisotopic (exact) mass is 400 g/mol. The number of ether oxygens (including phenoxy) is 3. The smallest absolute Gasteiger partial charge is 0.303 e. The van der Waals surface area contributed by atoms with E-state index in [0.29, 0.717) is 5.58 Å². The SMILES string of the molecule is CC(=O)O[C@@H]1[C@H](OC(C)=O)C=C(C(=O)c2cc3ccccc3o2)C[C@H]1OC(C)=O. The van der Waals surface area contributed by atoms with E-state index in [1.54, 1.807) is 18.2 Å². The molecule has 0 aliphatic heterocycles. The summed E-state index contributed by atoms with van der Waals surface area (Å²) in [7, 11) is 0. The molecule has 1 aromatic heterocycles. The third kappa shape index (κ3) is 4.71. The molecule has 152 valence electrons. The Labute approximate surface area is 166 Å². The van der Waals surface area contributed by atoms with Crippen molar-refractivity contribution < 1.29 is 37.8 Å². The average Bonchev–Trinajstić information content (AvgIpc) is 3.06. The minimum atomic E-state index is -1.09. The maximum absolute atomic E-state index is 13.0. The zero-order chi connectivity index (χ0) is 21.1. The fourth-order valence-corrected chi connectivity index (χ4v) is 3.28. The number of Topliss-reactive ketones (excluding diaryl/α,β-unsaturated/α-hetero) is 1. The van der Waals surface area contributed by atoms with Crippen LogP contribution in [0.1, 0.15) is 37.7 Å². The molecule has 0 saturated heterocycles. The molecule has 0 saturated carbocycles. The van der Waals surface area contributed by atoms with Crippen molar-refractivity contribution in [2.24, 2.45) is 0 Å². The number of fused-ring (bicyclic) bond motifs is 1. The van der Waals surface area contributed by atoms with Crippen LogP contribution in [0.15, 0.2) is 46.4 Å². The Balaban J connectivity index is 1.97. The molecule has 0 amide bonds. The van der Waals surface area contributed by atoms with Crippen LogP contribution >= 0.6 is 0 Å². The third-order valence-electron chi connectivity index (χ3n) is 4.34. The summed E-state index contributed by atoms with van der Waals surface area (Å²) in [6.07, 6.45) is -1.75. The Morgan fingerprint density at radius 2 is 1.59 bits per heavy atom. The van der Waals surface area contributed by atoms with Gasteiger partial charge in [0.05, 0.1) is 0 Å². The molecule has 0 unspecified atom stereocenters. The summed E-state index contributed by atoms with van der Waals surface area (Å²) in [6, 6.07) is 8.77. The van der Waals surface area contributed by atoms with Crippen molar-refractivity contribution in [1.82, 2.24) is 0 Å². The van der Waals surface area contributed by atoms with Gasteiger partial charge < -0.3 is 18.6 Å². The van der Waals surface area contributed by atoms with E-state index < -0.39 is 42.0 Å². The van der Waals surface area contributed by atoms with Crippen LogP contribution in [0.5, 0.6) is 0 Å². The van der Waals surface area contributed by atoms with Crippen molar-refractivity contribution in [2.75, 3.05) is 0 Å². The lowest BCUT2D eigenvalue weighted by Crippen LogP contribution is -2.47. The molecule has 2 aromatic rings. The van der Waals surface area contributed by atoms with Crippen molar-refractivity contribution in [3.8, 4) is 0 Å². The number of hydrogen-bond acceptors (Lipinski definition) is 8. The van der Waals surface area contributed by atoms with Crippen LogP contribution in [0.4, 0.5) is 0 Å². The molecule has 8 heteroatoms. The van der Waals surface area contributed by atoms with Crippen LogP contribution in [-0.2, 0) is 28.6 Å². The second-order valence-corrected chi connectivity index (χ2v) is 6.67. The zero-order valence-electron chi connectivity index (χ0n) is 16.2. The Kier molecular flexibility index (Phi) is 5.81. The highest BCUT2D eigenvalue weighted by Crippen LogP contribution is 2.30. The molecule has 1 aromatic carbocycles. The predicted octanol–water partition coefficient (Wildman–Crippen LogP) is 2.74. The van der Waals surface area contributed by atoms with Gasteiger partial charge in [-0.2, -0.15) is 0 Å². The molecule has 3 rings (SSSR count). The van der Waals surface area contributed by atoms with Crippen molar-refractivity contribution in [2.45, 2.75) is 45.5 Å². The Morgan fingerprint density at radius 3 is 2.21 bits per heavy atom. The Hall–Kier alpha value is -3.42. The summed E-state index contributed by atoms with van der Waals surface area (Å²) >= 11 is 0. The lowest BCUT2D eigenvalue weighted by molar-refractivity contribution is -0.180. The first-order valence-electron chi connectivity index (χ1n) is 9.00. The standard InChI is InChI=1S/C21H20O8/c1-11(22)26-18-9-15(10-19(27-12(2)23)21(18)28-13(3)24)20(25)17-8-14-6-4-5-7-16(14)29-17/h4-9,18-19,21H,10H2,1-3H3/t18-,19-,21-/m1/s1. The van der Waals surface area contributed by atoms with Gasteiger partial charge in [-0.3, -0.25) is 19.2 Å². The minimum Gasteiger partial charge on any atom is -0.458 e. The first-order valence-corrected chi connectivity index (χ1v) is 9.00. The molecule has 3 atom stereocenters. The van der Waals surface area contributed by atoms with Gasteiger partial charge in [0.1, 0.15) is 11.7 Å². The molecule has 0 spiro atoms. The van der Waals surface area contributed by atoms with E-state index in [0.717, 1.165) is 5.39 Å². The second-order valence-electron chi connectivity index (χ2n) is 6.67. The first kappa shape index (κ1) is 20.3. The van der Waals surface area contributed by atoms with Gasteiger partial charge in [-0.05, 0) is 18.2 Å². The van der Waals surface area contributed by atoms with Gasteiger partial charge in [0.2, 0.25) is 5.78 Å². The number of rotatable bonds is 5. The predicted molar refractivity (Wildman–Crippen MR) is 99.9 cm³/mol. The number of para-hydroxylation sites is 1. The van der Waals surface area contributed by atoms with E-state index in [4.69, 9.17) is 18.6 Å². The number of carbonyl (C=O) groups is 4. The number of esters is 3. The summed E-state index contributed by atoms with van der Waals surface area (Å²) < 4.78 is 21.3. The van der Waals surface area contributed by atoms with Crippen LogP contribution in [0, 0.1) is 0 Å². The van der Waals surface area contributed by atoms with E-state index in [1.165, 1.54) is 26.8 Å². The Morgan fingerprint density at radius 1 is 0.931 bits per heavy atom. The number of furan rings is 1. The largest absolute Gasteiger partial charge is 0.458 e. The van der Waals surface area contributed by atoms with Gasteiger partial charge in [-0.1, -0.05) is 18.2 Å². The summed E-state index contributed by atoms with van der Waals surface area (Å²) in [5.74, 6) is -2.22. The number of benzene rings is 1. The van der Waals surface area contributed by atoms with Gasteiger partial charge in [-0.25, -0.2) is 0 Å². The van der Waals surface area contributed by atoms with Crippen molar-refractivity contribution in [3.63, 3.8) is 0 Å². The highest BCUT2D eigenvalue weighted by atomic mass is 16.6. The molecule has 0 radical (unpaired) electrons. The molecule has 1 aliphatic rings. The van der Waals surface area contributed by atoms with Crippen LogP contribution in [-0.4, -0.2) is 42.0 Å². The average molecular weight is 400 g/mol. The molecule has 8 nitrogen and oxygen atoms in total. The summed E-state index contributed by atoms with van der Waals surface area (Å²) in [6.45, 7) is 3.58. The fraction of sp³-hybridized carbons (Fsp3) is 0.333. The molecular weight excluding hydrogens is 380 g/mol. The number of carbonyl (C=O) groups excluding carboxylic acids is 4. The second kappa shape index (κ2) is 8.30. The van der Waals surface area contributed by atoms with Crippen LogP contribution in [0.2, 0.25) is 0 Å². The van der Waals surface area contributed by atoms with Crippen LogP contribution in [0.25, 0.3) is 11.0 Å². The highest BCUT2D eigenvalue weighted by Gasteiger charge is 2.41. The molecule has 0 N–H and O–H groups in total. The maximum atomic E-state index is 13.0. The van der Waals surface area contributed by atoms with Gasteiger partial charge in [-0.15, -0.1) is 0 Å². The van der Waals surface area contributed by atoms with Crippen LogP contribution < -0.4 is 0 Å². The van der Waals surface area contributed by atoms with E-state index in [9.17, 15) is 19.2 Å². The molecule has 0 fully saturated rings. The number of ketones is 1. The first-order chi connectivity index (χ1) is 13.7. The molecular formula is C21H20O8. The lowest BCUT2D eigenvalue weighted by Gasteiger charge is -2.34.